The molecular formula is C10H10N4O2. The van der Waals surface area contributed by atoms with Crippen LogP contribution in [0.25, 0.3) is 11.6 Å². The minimum absolute atomic E-state index is 0.245. The summed E-state index contributed by atoms with van der Waals surface area (Å²) in [5, 5.41) is 3.94. The third kappa shape index (κ3) is 1.67. The second kappa shape index (κ2) is 3.97. The van der Waals surface area contributed by atoms with Gasteiger partial charge in [0, 0.05) is 24.9 Å². The molecule has 1 atom stereocenters. The zero-order chi connectivity index (χ0) is 10.8. The van der Waals surface area contributed by atoms with Crippen LogP contribution in [0, 0.1) is 0 Å². The van der Waals surface area contributed by atoms with Gasteiger partial charge >= 0.3 is 0 Å². The van der Waals surface area contributed by atoms with Crippen molar-refractivity contribution in [2.45, 2.75) is 12.3 Å². The predicted octanol–water partition coefficient (Wildman–Crippen LogP) is 1.03. The molecular weight excluding hydrogens is 208 g/mol. The van der Waals surface area contributed by atoms with Crippen LogP contribution in [0.4, 0.5) is 0 Å². The van der Waals surface area contributed by atoms with E-state index < -0.39 is 0 Å². The summed E-state index contributed by atoms with van der Waals surface area (Å²) in [5.74, 6) is 1.35. The van der Waals surface area contributed by atoms with Gasteiger partial charge in [-0.25, -0.2) is 4.98 Å². The van der Waals surface area contributed by atoms with Crippen molar-refractivity contribution in [3.8, 4) is 11.6 Å². The Hall–Kier alpha value is -1.82. The van der Waals surface area contributed by atoms with E-state index in [4.69, 9.17) is 9.26 Å². The molecule has 1 aliphatic heterocycles. The first-order valence-corrected chi connectivity index (χ1v) is 5.11. The van der Waals surface area contributed by atoms with Crippen molar-refractivity contribution in [1.82, 2.24) is 20.1 Å². The fourth-order valence-corrected chi connectivity index (χ4v) is 1.65. The van der Waals surface area contributed by atoms with Gasteiger partial charge in [-0.15, -0.1) is 0 Å². The van der Waals surface area contributed by atoms with Crippen LogP contribution in [-0.4, -0.2) is 33.3 Å². The van der Waals surface area contributed by atoms with Crippen LogP contribution < -0.4 is 0 Å². The van der Waals surface area contributed by atoms with Crippen molar-refractivity contribution in [2.75, 3.05) is 13.2 Å². The van der Waals surface area contributed by atoms with E-state index in [9.17, 15) is 0 Å². The highest BCUT2D eigenvalue weighted by Gasteiger charge is 2.23. The second-order valence-electron chi connectivity index (χ2n) is 3.61. The molecule has 2 aromatic heterocycles. The third-order valence-electron chi connectivity index (χ3n) is 2.52. The Kier molecular flexibility index (Phi) is 2.34. The van der Waals surface area contributed by atoms with Crippen molar-refractivity contribution in [3.05, 3.63) is 24.4 Å². The van der Waals surface area contributed by atoms with Gasteiger partial charge in [0.1, 0.15) is 5.69 Å². The number of aromatic nitrogens is 4. The minimum atomic E-state index is 0.245. The minimum Gasteiger partial charge on any atom is -0.381 e. The van der Waals surface area contributed by atoms with E-state index in [1.165, 1.54) is 0 Å². The summed E-state index contributed by atoms with van der Waals surface area (Å²) in [5.41, 5.74) is 0.597. The Balaban J connectivity index is 1.87. The van der Waals surface area contributed by atoms with Crippen molar-refractivity contribution < 1.29 is 9.26 Å². The lowest BCUT2D eigenvalue weighted by Crippen LogP contribution is -1.99. The molecule has 0 bridgehead atoms. The summed E-state index contributed by atoms with van der Waals surface area (Å²) in [7, 11) is 0. The molecule has 0 saturated carbocycles. The molecule has 3 rings (SSSR count). The van der Waals surface area contributed by atoms with Crippen LogP contribution in [0.15, 0.2) is 23.1 Å². The number of hydrogen-bond acceptors (Lipinski definition) is 6. The summed E-state index contributed by atoms with van der Waals surface area (Å²) >= 11 is 0. The molecule has 1 aliphatic rings. The fraction of sp³-hybridized carbons (Fsp3) is 0.400. The number of ether oxygens (including phenoxy) is 1. The van der Waals surface area contributed by atoms with Gasteiger partial charge in [0.05, 0.1) is 12.8 Å². The molecule has 0 spiro atoms. The van der Waals surface area contributed by atoms with E-state index in [1.807, 2.05) is 0 Å². The van der Waals surface area contributed by atoms with Crippen LogP contribution in [0.3, 0.4) is 0 Å². The lowest BCUT2D eigenvalue weighted by Gasteiger charge is -1.97. The van der Waals surface area contributed by atoms with Gasteiger partial charge in [0.25, 0.3) is 5.89 Å². The summed E-state index contributed by atoms with van der Waals surface area (Å²) in [4.78, 5) is 12.4. The molecule has 16 heavy (non-hydrogen) atoms. The van der Waals surface area contributed by atoms with E-state index in [0.717, 1.165) is 13.0 Å². The lowest BCUT2D eigenvalue weighted by atomic mass is 10.1. The molecule has 1 fully saturated rings. The van der Waals surface area contributed by atoms with Gasteiger partial charge in [-0.2, -0.15) is 4.98 Å². The first-order chi connectivity index (χ1) is 7.93. The summed E-state index contributed by atoms with van der Waals surface area (Å²) in [6.07, 6.45) is 5.74. The smallest absolute Gasteiger partial charge is 0.278 e. The van der Waals surface area contributed by atoms with Gasteiger partial charge in [0.15, 0.2) is 5.82 Å². The fourth-order valence-electron chi connectivity index (χ4n) is 1.65. The molecule has 0 unspecified atom stereocenters. The Morgan fingerprint density at radius 1 is 1.31 bits per heavy atom. The van der Waals surface area contributed by atoms with E-state index >= 15 is 0 Å². The quantitative estimate of drug-likeness (QED) is 0.749. The van der Waals surface area contributed by atoms with Gasteiger partial charge in [0.2, 0.25) is 0 Å². The monoisotopic (exact) mass is 218 g/mol. The van der Waals surface area contributed by atoms with Gasteiger partial charge in [-0.05, 0) is 6.42 Å². The molecule has 0 N–H and O–H groups in total. The van der Waals surface area contributed by atoms with Crippen molar-refractivity contribution in [2.24, 2.45) is 0 Å². The van der Waals surface area contributed by atoms with Crippen LogP contribution in [0.1, 0.15) is 18.2 Å². The second-order valence-corrected chi connectivity index (χ2v) is 3.61. The highest BCUT2D eigenvalue weighted by Crippen LogP contribution is 2.24. The Morgan fingerprint density at radius 2 is 2.31 bits per heavy atom. The van der Waals surface area contributed by atoms with Gasteiger partial charge in [-0.1, -0.05) is 5.16 Å². The van der Waals surface area contributed by atoms with Gasteiger partial charge in [-0.3, -0.25) is 4.98 Å². The van der Waals surface area contributed by atoms with E-state index in [2.05, 4.69) is 20.1 Å². The number of nitrogens with zero attached hydrogens (tertiary/aromatic N) is 4. The van der Waals surface area contributed by atoms with E-state index in [1.54, 1.807) is 18.6 Å². The van der Waals surface area contributed by atoms with Crippen molar-refractivity contribution in [1.29, 1.82) is 0 Å². The molecule has 0 aromatic carbocycles. The van der Waals surface area contributed by atoms with Gasteiger partial charge < -0.3 is 9.26 Å². The summed E-state index contributed by atoms with van der Waals surface area (Å²) in [6, 6.07) is 0. The summed E-state index contributed by atoms with van der Waals surface area (Å²) < 4.78 is 10.4. The molecule has 6 nitrogen and oxygen atoms in total. The maximum absolute atomic E-state index is 5.28. The first kappa shape index (κ1) is 9.41. The first-order valence-electron chi connectivity index (χ1n) is 5.11. The van der Waals surface area contributed by atoms with Crippen molar-refractivity contribution in [3.63, 3.8) is 0 Å². The molecule has 2 aromatic rings. The maximum atomic E-state index is 5.28. The zero-order valence-corrected chi connectivity index (χ0v) is 8.54. The Bertz CT molecular complexity index is 465. The molecule has 3 heterocycles. The number of hydrogen-bond donors (Lipinski definition) is 0. The third-order valence-corrected chi connectivity index (χ3v) is 2.52. The molecule has 0 aliphatic carbocycles. The van der Waals surface area contributed by atoms with Crippen LogP contribution in [0.5, 0.6) is 0 Å². The van der Waals surface area contributed by atoms with E-state index in [0.29, 0.717) is 24.0 Å². The normalized spacial score (nSPS) is 20.1. The highest BCUT2D eigenvalue weighted by atomic mass is 16.5. The summed E-state index contributed by atoms with van der Waals surface area (Å²) in [6.45, 7) is 1.43. The average molecular weight is 218 g/mol. The molecule has 1 saturated heterocycles. The van der Waals surface area contributed by atoms with Crippen molar-refractivity contribution >= 4 is 0 Å². The molecule has 0 amide bonds. The van der Waals surface area contributed by atoms with Crippen LogP contribution >= 0.6 is 0 Å². The lowest BCUT2D eigenvalue weighted by molar-refractivity contribution is 0.192. The topological polar surface area (TPSA) is 73.9 Å². The zero-order valence-electron chi connectivity index (χ0n) is 8.54. The number of rotatable bonds is 2. The Morgan fingerprint density at radius 3 is 3.06 bits per heavy atom. The SMILES string of the molecule is c1cnc(-c2nc([C@H]3CCOC3)no2)cn1. The highest BCUT2D eigenvalue weighted by molar-refractivity contribution is 5.43. The molecule has 0 radical (unpaired) electrons. The van der Waals surface area contributed by atoms with Crippen LogP contribution in [0.2, 0.25) is 0 Å². The van der Waals surface area contributed by atoms with Crippen LogP contribution in [-0.2, 0) is 4.74 Å². The average Bonchev–Trinajstić information content (AvgIpc) is 3.01. The molecule has 82 valence electrons. The maximum Gasteiger partial charge on any atom is 0.278 e. The standard InChI is InChI=1S/C10H10N4O2/c1-4-15-6-7(1)9-13-10(16-14-9)8-5-11-2-3-12-8/h2-3,5,7H,1,4,6H2/t7-/m0/s1. The predicted molar refractivity (Wildman–Crippen MR) is 53.5 cm³/mol. The molecule has 6 heteroatoms. The largest absolute Gasteiger partial charge is 0.381 e. The van der Waals surface area contributed by atoms with E-state index in [-0.39, 0.29) is 5.92 Å². The Labute approximate surface area is 91.7 Å².